The van der Waals surface area contributed by atoms with E-state index in [0.29, 0.717) is 11.8 Å². The monoisotopic (exact) mass is 261 g/mol. The molecular weight excluding hydrogens is 246 g/mol. The smallest absolute Gasteiger partial charge is 0.147 e. The van der Waals surface area contributed by atoms with Crippen molar-refractivity contribution < 1.29 is 4.79 Å². The first-order valence-corrected chi connectivity index (χ1v) is 6.76. The third-order valence-corrected chi connectivity index (χ3v) is 4.50. The molecule has 94 valence electrons. The Morgan fingerprint density at radius 3 is 2.67 bits per heavy atom. The van der Waals surface area contributed by atoms with Crippen molar-refractivity contribution in [3.63, 3.8) is 0 Å². The highest BCUT2D eigenvalue weighted by molar-refractivity contribution is 6.31. The summed E-state index contributed by atoms with van der Waals surface area (Å²) < 4.78 is 0. The van der Waals surface area contributed by atoms with E-state index < -0.39 is 0 Å². The summed E-state index contributed by atoms with van der Waals surface area (Å²) in [5.41, 5.74) is 2.17. The minimum Gasteiger partial charge on any atom is -0.298 e. The first-order chi connectivity index (χ1) is 8.78. The van der Waals surface area contributed by atoms with Gasteiger partial charge in [0.05, 0.1) is 0 Å². The summed E-state index contributed by atoms with van der Waals surface area (Å²) in [5, 5.41) is 0.811. The molecule has 1 aromatic carbocycles. The summed E-state index contributed by atoms with van der Waals surface area (Å²) in [6, 6.07) is 10.5. The SMILES string of the molecule is O=CC1=C(Cl)C2CC1CN(Cc1ccccc1)C2. The Morgan fingerprint density at radius 2 is 1.94 bits per heavy atom. The summed E-state index contributed by atoms with van der Waals surface area (Å²) in [6.45, 7) is 2.88. The predicted molar refractivity (Wildman–Crippen MR) is 72.3 cm³/mol. The van der Waals surface area contributed by atoms with Crippen LogP contribution in [0.3, 0.4) is 0 Å². The van der Waals surface area contributed by atoms with Gasteiger partial charge in [0.1, 0.15) is 6.29 Å². The second kappa shape index (κ2) is 4.87. The molecule has 0 amide bonds. The molecule has 0 N–H and O–H groups in total. The Bertz CT molecular complexity index is 483. The normalized spacial score (nSPS) is 27.6. The molecule has 2 nitrogen and oxygen atoms in total. The lowest BCUT2D eigenvalue weighted by Gasteiger charge is -2.32. The van der Waals surface area contributed by atoms with Gasteiger partial charge in [-0.3, -0.25) is 9.69 Å². The molecule has 1 aromatic rings. The van der Waals surface area contributed by atoms with Crippen LogP contribution in [-0.4, -0.2) is 24.3 Å². The molecule has 1 aliphatic heterocycles. The summed E-state index contributed by atoms with van der Waals surface area (Å²) in [7, 11) is 0. The standard InChI is InChI=1S/C15H16ClNO/c16-15-13-6-12(14(15)10-18)8-17(9-13)7-11-4-2-1-3-5-11/h1-5,10,12-13H,6-9H2. The van der Waals surface area contributed by atoms with Crippen LogP contribution in [0.25, 0.3) is 0 Å². The number of halogens is 1. The summed E-state index contributed by atoms with van der Waals surface area (Å²) >= 11 is 6.27. The number of rotatable bonds is 3. The van der Waals surface area contributed by atoms with Crippen molar-refractivity contribution in [1.82, 2.24) is 4.90 Å². The maximum Gasteiger partial charge on any atom is 0.147 e. The van der Waals surface area contributed by atoms with Gasteiger partial charge < -0.3 is 0 Å². The quantitative estimate of drug-likeness (QED) is 0.780. The van der Waals surface area contributed by atoms with Gasteiger partial charge in [0, 0.05) is 42.1 Å². The second-order valence-electron chi connectivity index (χ2n) is 5.23. The van der Waals surface area contributed by atoms with Crippen molar-refractivity contribution in [2.45, 2.75) is 13.0 Å². The number of hydrogen-bond donors (Lipinski definition) is 0. The number of likely N-dealkylation sites (tertiary alicyclic amines) is 1. The minimum absolute atomic E-state index is 0.345. The van der Waals surface area contributed by atoms with Crippen LogP contribution in [0, 0.1) is 11.8 Å². The first-order valence-electron chi connectivity index (χ1n) is 6.39. The highest BCUT2D eigenvalue weighted by Crippen LogP contribution is 2.42. The Morgan fingerprint density at radius 1 is 1.22 bits per heavy atom. The van der Waals surface area contributed by atoms with E-state index in [0.717, 1.165) is 42.9 Å². The zero-order chi connectivity index (χ0) is 12.5. The topological polar surface area (TPSA) is 20.3 Å². The van der Waals surface area contributed by atoms with E-state index in [2.05, 4.69) is 29.2 Å². The Hall–Kier alpha value is -1.12. The van der Waals surface area contributed by atoms with Gasteiger partial charge in [-0.25, -0.2) is 0 Å². The molecule has 0 radical (unpaired) electrons. The molecule has 2 unspecified atom stereocenters. The fraction of sp³-hybridized carbons (Fsp3) is 0.400. The molecule has 0 spiro atoms. The average Bonchev–Trinajstić information content (AvgIpc) is 2.61. The number of benzene rings is 1. The number of carbonyl (C=O) groups is 1. The number of nitrogens with zero attached hydrogens (tertiary/aromatic N) is 1. The Balaban J connectivity index is 1.72. The van der Waals surface area contributed by atoms with Gasteiger partial charge in [-0.2, -0.15) is 0 Å². The molecule has 3 rings (SSSR count). The number of piperidine rings is 1. The first kappa shape index (κ1) is 11.9. The van der Waals surface area contributed by atoms with Crippen LogP contribution >= 0.6 is 11.6 Å². The molecule has 3 heteroatoms. The van der Waals surface area contributed by atoms with Crippen LogP contribution < -0.4 is 0 Å². The fourth-order valence-corrected chi connectivity index (χ4v) is 3.51. The highest BCUT2D eigenvalue weighted by atomic mass is 35.5. The van der Waals surface area contributed by atoms with Crippen molar-refractivity contribution in [3.8, 4) is 0 Å². The van der Waals surface area contributed by atoms with Crippen molar-refractivity contribution in [1.29, 1.82) is 0 Å². The molecule has 1 saturated heterocycles. The van der Waals surface area contributed by atoms with Crippen molar-refractivity contribution >= 4 is 17.9 Å². The van der Waals surface area contributed by atoms with E-state index in [4.69, 9.17) is 11.6 Å². The van der Waals surface area contributed by atoms with E-state index in [1.807, 2.05) is 6.07 Å². The van der Waals surface area contributed by atoms with Crippen LogP contribution in [0.15, 0.2) is 40.9 Å². The average molecular weight is 262 g/mol. The molecule has 1 heterocycles. The van der Waals surface area contributed by atoms with Gasteiger partial charge in [-0.15, -0.1) is 0 Å². The molecule has 1 aliphatic carbocycles. The fourth-order valence-electron chi connectivity index (χ4n) is 3.15. The summed E-state index contributed by atoms with van der Waals surface area (Å²) in [5.74, 6) is 0.715. The van der Waals surface area contributed by atoms with Crippen molar-refractivity contribution in [2.24, 2.45) is 11.8 Å². The van der Waals surface area contributed by atoms with Gasteiger partial charge in [-0.1, -0.05) is 41.9 Å². The van der Waals surface area contributed by atoms with Gasteiger partial charge in [-0.05, 0) is 12.0 Å². The maximum atomic E-state index is 11.1. The molecule has 18 heavy (non-hydrogen) atoms. The third-order valence-electron chi connectivity index (χ3n) is 3.98. The predicted octanol–water partition coefficient (Wildman–Crippen LogP) is 2.83. The van der Waals surface area contributed by atoms with Crippen molar-refractivity contribution in [3.05, 3.63) is 46.5 Å². The van der Waals surface area contributed by atoms with Gasteiger partial charge in [0.25, 0.3) is 0 Å². The van der Waals surface area contributed by atoms with E-state index in [1.54, 1.807) is 0 Å². The molecule has 2 bridgehead atoms. The van der Waals surface area contributed by atoms with E-state index in [-0.39, 0.29) is 0 Å². The lowest BCUT2D eigenvalue weighted by Crippen LogP contribution is -2.37. The van der Waals surface area contributed by atoms with Crippen LogP contribution in [0.2, 0.25) is 0 Å². The van der Waals surface area contributed by atoms with Crippen LogP contribution in [0.4, 0.5) is 0 Å². The molecular formula is C15H16ClNO. The molecule has 1 fully saturated rings. The lowest BCUT2D eigenvalue weighted by atomic mass is 9.94. The molecule has 0 aromatic heterocycles. The van der Waals surface area contributed by atoms with Crippen LogP contribution in [0.1, 0.15) is 12.0 Å². The van der Waals surface area contributed by atoms with E-state index >= 15 is 0 Å². The van der Waals surface area contributed by atoms with E-state index in [9.17, 15) is 4.79 Å². The number of aldehydes is 1. The second-order valence-corrected chi connectivity index (χ2v) is 5.64. The minimum atomic E-state index is 0.345. The largest absolute Gasteiger partial charge is 0.298 e. The van der Waals surface area contributed by atoms with Gasteiger partial charge in [0.15, 0.2) is 0 Å². The summed E-state index contributed by atoms with van der Waals surface area (Å²) in [6.07, 6.45) is 2.01. The highest BCUT2D eigenvalue weighted by Gasteiger charge is 2.38. The Labute approximate surface area is 112 Å². The number of carbonyl (C=O) groups excluding carboxylic acids is 1. The van der Waals surface area contributed by atoms with Gasteiger partial charge in [0.2, 0.25) is 0 Å². The molecule has 2 atom stereocenters. The zero-order valence-corrected chi connectivity index (χ0v) is 10.9. The summed E-state index contributed by atoms with van der Waals surface area (Å²) in [4.78, 5) is 13.5. The van der Waals surface area contributed by atoms with Crippen LogP contribution in [0.5, 0.6) is 0 Å². The molecule has 0 saturated carbocycles. The third kappa shape index (κ3) is 2.11. The lowest BCUT2D eigenvalue weighted by molar-refractivity contribution is -0.105. The van der Waals surface area contributed by atoms with Gasteiger partial charge >= 0.3 is 0 Å². The number of hydrogen-bond acceptors (Lipinski definition) is 2. The number of fused-ring (bicyclic) bond motifs is 2. The van der Waals surface area contributed by atoms with Crippen molar-refractivity contribution in [2.75, 3.05) is 13.1 Å². The molecule has 2 aliphatic rings. The zero-order valence-electron chi connectivity index (χ0n) is 10.2. The maximum absolute atomic E-state index is 11.1. The van der Waals surface area contributed by atoms with Crippen LogP contribution in [-0.2, 0) is 11.3 Å². The van der Waals surface area contributed by atoms with E-state index in [1.165, 1.54) is 5.56 Å². The Kier molecular flexibility index (Phi) is 3.23.